The second kappa shape index (κ2) is 5.64. The summed E-state index contributed by atoms with van der Waals surface area (Å²) in [5.41, 5.74) is 0.271. The van der Waals surface area contributed by atoms with Crippen molar-refractivity contribution in [2.24, 2.45) is 0 Å². The Bertz CT molecular complexity index is 471. The van der Waals surface area contributed by atoms with Crippen molar-refractivity contribution in [2.75, 3.05) is 18.9 Å². The number of likely N-dealkylation sites (tertiary alicyclic amines) is 1. The number of piperidine rings is 1. The Morgan fingerprint density at radius 2 is 2.00 bits per heavy atom. The van der Waals surface area contributed by atoms with E-state index in [1.54, 1.807) is 6.07 Å². The molecule has 20 heavy (non-hydrogen) atoms. The molecule has 1 aromatic rings. The first kappa shape index (κ1) is 15.2. The van der Waals surface area contributed by atoms with Gasteiger partial charge in [-0.1, -0.05) is 6.07 Å². The summed E-state index contributed by atoms with van der Waals surface area (Å²) >= 11 is 0. The molecule has 1 N–H and O–H groups in total. The topological polar surface area (TPSA) is 15.3 Å². The quantitative estimate of drug-likeness (QED) is 0.886. The Labute approximate surface area is 118 Å². The summed E-state index contributed by atoms with van der Waals surface area (Å²) in [5, 5.41) is 3.24. The van der Waals surface area contributed by atoms with Crippen LogP contribution in [0.3, 0.4) is 0 Å². The van der Waals surface area contributed by atoms with E-state index < -0.39 is 11.7 Å². The fourth-order valence-corrected chi connectivity index (χ4v) is 2.67. The molecule has 1 aromatic carbocycles. The van der Waals surface area contributed by atoms with E-state index in [-0.39, 0.29) is 11.6 Å². The largest absolute Gasteiger partial charge is 0.416 e. The van der Waals surface area contributed by atoms with Crippen molar-refractivity contribution in [3.8, 4) is 0 Å². The maximum absolute atomic E-state index is 12.9. The van der Waals surface area contributed by atoms with Gasteiger partial charge in [0.1, 0.15) is 0 Å². The van der Waals surface area contributed by atoms with Gasteiger partial charge in [-0.3, -0.25) is 0 Å². The molecule has 1 aliphatic rings. The second-order valence-electron chi connectivity index (χ2n) is 5.72. The molecule has 0 amide bonds. The van der Waals surface area contributed by atoms with E-state index in [9.17, 15) is 13.2 Å². The van der Waals surface area contributed by atoms with Crippen molar-refractivity contribution >= 4 is 5.69 Å². The van der Waals surface area contributed by atoms with E-state index in [2.05, 4.69) is 24.2 Å². The standard InChI is InChI=1S/C15H21F3N2/c1-10-4-5-12(9-14(10)15(16,17)18)19-13-6-7-20(3)11(2)8-13/h4-5,9,11,13,19H,6-8H2,1-3H3. The Balaban J connectivity index is 2.11. The predicted octanol–water partition coefficient (Wildman–Crippen LogP) is 3.91. The molecule has 2 rings (SSSR count). The molecule has 1 heterocycles. The zero-order chi connectivity index (χ0) is 14.9. The summed E-state index contributed by atoms with van der Waals surface area (Å²) < 4.78 is 38.7. The van der Waals surface area contributed by atoms with Gasteiger partial charge in [-0.15, -0.1) is 0 Å². The molecule has 0 spiro atoms. The number of alkyl halides is 3. The van der Waals surface area contributed by atoms with E-state index >= 15 is 0 Å². The van der Waals surface area contributed by atoms with Gasteiger partial charge in [0, 0.05) is 24.3 Å². The van der Waals surface area contributed by atoms with Gasteiger partial charge < -0.3 is 10.2 Å². The Morgan fingerprint density at radius 1 is 1.30 bits per heavy atom. The normalized spacial score (nSPS) is 24.7. The first-order valence-corrected chi connectivity index (χ1v) is 6.92. The molecule has 1 aliphatic heterocycles. The Morgan fingerprint density at radius 3 is 2.60 bits per heavy atom. The van der Waals surface area contributed by atoms with Crippen molar-refractivity contribution in [1.29, 1.82) is 0 Å². The second-order valence-corrected chi connectivity index (χ2v) is 5.72. The van der Waals surface area contributed by atoms with Crippen LogP contribution in [0.5, 0.6) is 0 Å². The van der Waals surface area contributed by atoms with E-state index in [0.29, 0.717) is 11.7 Å². The van der Waals surface area contributed by atoms with E-state index in [1.165, 1.54) is 19.1 Å². The van der Waals surface area contributed by atoms with Gasteiger partial charge in [-0.05, 0) is 51.4 Å². The van der Waals surface area contributed by atoms with Gasteiger partial charge in [0.25, 0.3) is 0 Å². The third kappa shape index (κ3) is 3.45. The highest BCUT2D eigenvalue weighted by Gasteiger charge is 2.32. The van der Waals surface area contributed by atoms with Crippen molar-refractivity contribution in [3.63, 3.8) is 0 Å². The summed E-state index contributed by atoms with van der Waals surface area (Å²) in [7, 11) is 2.08. The summed E-state index contributed by atoms with van der Waals surface area (Å²) in [6.07, 6.45) is -2.39. The fraction of sp³-hybridized carbons (Fsp3) is 0.600. The molecule has 0 aliphatic carbocycles. The van der Waals surface area contributed by atoms with Crippen LogP contribution < -0.4 is 5.32 Å². The van der Waals surface area contributed by atoms with Crippen LogP contribution in [0.4, 0.5) is 18.9 Å². The Kier molecular flexibility index (Phi) is 4.28. The number of hydrogen-bond acceptors (Lipinski definition) is 2. The molecule has 5 heteroatoms. The maximum atomic E-state index is 12.9. The number of aryl methyl sites for hydroxylation is 1. The lowest BCUT2D eigenvalue weighted by atomic mass is 9.98. The fourth-order valence-electron chi connectivity index (χ4n) is 2.67. The van der Waals surface area contributed by atoms with E-state index in [0.717, 1.165) is 19.4 Å². The molecule has 0 saturated carbocycles. The van der Waals surface area contributed by atoms with E-state index in [4.69, 9.17) is 0 Å². The van der Waals surface area contributed by atoms with Gasteiger partial charge in [0.05, 0.1) is 5.56 Å². The number of hydrogen-bond donors (Lipinski definition) is 1. The lowest BCUT2D eigenvalue weighted by molar-refractivity contribution is -0.138. The van der Waals surface area contributed by atoms with Crippen LogP contribution in [0.1, 0.15) is 30.9 Å². The van der Waals surface area contributed by atoms with Gasteiger partial charge in [0.2, 0.25) is 0 Å². The lowest BCUT2D eigenvalue weighted by Gasteiger charge is -2.35. The first-order chi connectivity index (χ1) is 9.27. The van der Waals surface area contributed by atoms with Crippen LogP contribution in [0.25, 0.3) is 0 Å². The van der Waals surface area contributed by atoms with Crippen molar-refractivity contribution in [3.05, 3.63) is 29.3 Å². The number of rotatable bonds is 2. The highest BCUT2D eigenvalue weighted by atomic mass is 19.4. The number of nitrogens with one attached hydrogen (secondary N) is 1. The van der Waals surface area contributed by atoms with Crippen LogP contribution in [0, 0.1) is 6.92 Å². The lowest BCUT2D eigenvalue weighted by Crippen LogP contribution is -2.42. The van der Waals surface area contributed by atoms with Crippen LogP contribution >= 0.6 is 0 Å². The molecule has 2 unspecified atom stereocenters. The van der Waals surface area contributed by atoms with Crippen molar-refractivity contribution < 1.29 is 13.2 Å². The molecule has 0 aromatic heterocycles. The zero-order valence-electron chi connectivity index (χ0n) is 12.1. The smallest absolute Gasteiger partial charge is 0.382 e. The van der Waals surface area contributed by atoms with Crippen molar-refractivity contribution in [2.45, 2.75) is 44.9 Å². The monoisotopic (exact) mass is 286 g/mol. The highest BCUT2D eigenvalue weighted by molar-refractivity contribution is 5.50. The number of nitrogens with zero attached hydrogens (tertiary/aromatic N) is 1. The van der Waals surface area contributed by atoms with Crippen LogP contribution in [-0.4, -0.2) is 30.6 Å². The predicted molar refractivity (Wildman–Crippen MR) is 74.9 cm³/mol. The molecule has 0 radical (unpaired) electrons. The zero-order valence-corrected chi connectivity index (χ0v) is 12.1. The average molecular weight is 286 g/mol. The minimum Gasteiger partial charge on any atom is -0.382 e. The molecule has 1 saturated heterocycles. The summed E-state index contributed by atoms with van der Waals surface area (Å²) in [4.78, 5) is 2.27. The summed E-state index contributed by atoms with van der Waals surface area (Å²) in [6.45, 7) is 4.60. The molecular formula is C15H21F3N2. The SMILES string of the molecule is Cc1ccc(NC2CCN(C)C(C)C2)cc1C(F)(F)F. The highest BCUT2D eigenvalue weighted by Crippen LogP contribution is 2.34. The van der Waals surface area contributed by atoms with Crippen LogP contribution in [0.15, 0.2) is 18.2 Å². The van der Waals surface area contributed by atoms with Gasteiger partial charge in [0.15, 0.2) is 0 Å². The molecule has 1 fully saturated rings. The van der Waals surface area contributed by atoms with E-state index in [1.807, 2.05) is 0 Å². The molecule has 2 nitrogen and oxygen atoms in total. The summed E-state index contributed by atoms with van der Waals surface area (Å²) in [5.74, 6) is 0. The van der Waals surface area contributed by atoms with Crippen LogP contribution in [0.2, 0.25) is 0 Å². The number of anilines is 1. The molecule has 112 valence electrons. The first-order valence-electron chi connectivity index (χ1n) is 6.92. The molecule has 0 bridgehead atoms. The minimum absolute atomic E-state index is 0.241. The molecular weight excluding hydrogens is 265 g/mol. The third-order valence-electron chi connectivity index (χ3n) is 4.12. The van der Waals surface area contributed by atoms with Gasteiger partial charge in [-0.2, -0.15) is 13.2 Å². The van der Waals surface area contributed by atoms with Crippen molar-refractivity contribution in [1.82, 2.24) is 4.90 Å². The van der Waals surface area contributed by atoms with Crippen LogP contribution in [-0.2, 0) is 6.18 Å². The third-order valence-corrected chi connectivity index (χ3v) is 4.12. The van der Waals surface area contributed by atoms with Gasteiger partial charge >= 0.3 is 6.18 Å². The summed E-state index contributed by atoms with van der Waals surface area (Å²) in [6, 6.07) is 5.17. The average Bonchev–Trinajstić information content (AvgIpc) is 2.35. The molecule has 2 atom stereocenters. The minimum atomic E-state index is -4.29. The Hall–Kier alpha value is -1.23. The van der Waals surface area contributed by atoms with Gasteiger partial charge in [-0.25, -0.2) is 0 Å². The number of benzene rings is 1. The maximum Gasteiger partial charge on any atom is 0.416 e. The number of halogens is 3.